The first kappa shape index (κ1) is 20.1. The zero-order valence-corrected chi connectivity index (χ0v) is 16.7. The first-order valence-corrected chi connectivity index (χ1v) is 10.1. The number of carbonyl (C=O) groups excluding carboxylic acids is 2. The number of carbonyl (C=O) groups is 2. The van der Waals surface area contributed by atoms with Crippen molar-refractivity contribution in [1.29, 1.82) is 0 Å². The van der Waals surface area contributed by atoms with E-state index in [2.05, 4.69) is 29.4 Å². The fourth-order valence-corrected chi connectivity index (χ4v) is 3.05. The summed E-state index contributed by atoms with van der Waals surface area (Å²) in [5, 5.41) is 5.87. The Balaban J connectivity index is 1.48. The van der Waals surface area contributed by atoms with Gasteiger partial charge in [-0.25, -0.2) is 0 Å². The second kappa shape index (κ2) is 9.51. The van der Waals surface area contributed by atoms with Crippen LogP contribution in [-0.4, -0.2) is 29.8 Å². The van der Waals surface area contributed by atoms with E-state index in [9.17, 15) is 9.59 Å². The number of rotatable bonds is 9. The van der Waals surface area contributed by atoms with Crippen LogP contribution in [0.3, 0.4) is 0 Å². The van der Waals surface area contributed by atoms with E-state index in [1.165, 1.54) is 5.56 Å². The van der Waals surface area contributed by atoms with E-state index in [0.29, 0.717) is 12.1 Å². The molecule has 5 nitrogen and oxygen atoms in total. The molecule has 0 saturated heterocycles. The van der Waals surface area contributed by atoms with Crippen molar-refractivity contribution in [2.45, 2.75) is 39.8 Å². The monoisotopic (exact) mass is 379 g/mol. The first-order valence-electron chi connectivity index (χ1n) is 10.1. The van der Waals surface area contributed by atoms with Crippen LogP contribution in [0.5, 0.6) is 0 Å². The van der Waals surface area contributed by atoms with Crippen molar-refractivity contribution in [3.05, 3.63) is 65.2 Å². The van der Waals surface area contributed by atoms with Gasteiger partial charge in [-0.3, -0.25) is 14.5 Å². The van der Waals surface area contributed by atoms with Crippen molar-refractivity contribution in [3.63, 3.8) is 0 Å². The fourth-order valence-electron chi connectivity index (χ4n) is 3.05. The minimum absolute atomic E-state index is 0.0829. The van der Waals surface area contributed by atoms with Gasteiger partial charge in [0, 0.05) is 30.3 Å². The van der Waals surface area contributed by atoms with Gasteiger partial charge in [-0.15, -0.1) is 0 Å². The standard InChI is InChI=1S/C23H29N3O2/c1-3-26(4-2)16-18-5-9-19(10-6-18)22(27)24-15-17-7-13-21(14-8-17)25-23(28)20-11-12-20/h5-10,13-14,20H,3-4,11-12,15-16H2,1-2H3,(H,24,27)(H,25,28). The van der Waals surface area contributed by atoms with Crippen LogP contribution in [-0.2, 0) is 17.9 Å². The summed E-state index contributed by atoms with van der Waals surface area (Å²) < 4.78 is 0. The topological polar surface area (TPSA) is 61.4 Å². The number of benzene rings is 2. The molecule has 0 spiro atoms. The van der Waals surface area contributed by atoms with Crippen LogP contribution in [0.1, 0.15) is 48.2 Å². The van der Waals surface area contributed by atoms with Crippen LogP contribution in [0.15, 0.2) is 48.5 Å². The molecular weight excluding hydrogens is 350 g/mol. The van der Waals surface area contributed by atoms with Crippen molar-refractivity contribution >= 4 is 17.5 Å². The van der Waals surface area contributed by atoms with Crippen LogP contribution < -0.4 is 10.6 Å². The lowest BCUT2D eigenvalue weighted by Gasteiger charge is -2.18. The van der Waals surface area contributed by atoms with Crippen molar-refractivity contribution in [2.24, 2.45) is 5.92 Å². The quantitative estimate of drug-likeness (QED) is 0.696. The summed E-state index contributed by atoms with van der Waals surface area (Å²) in [5.74, 6) is 0.211. The molecule has 0 heterocycles. The van der Waals surface area contributed by atoms with E-state index < -0.39 is 0 Å². The maximum atomic E-state index is 12.4. The van der Waals surface area contributed by atoms with Gasteiger partial charge >= 0.3 is 0 Å². The van der Waals surface area contributed by atoms with E-state index in [1.54, 1.807) is 0 Å². The van der Waals surface area contributed by atoms with Crippen LogP contribution in [0.2, 0.25) is 0 Å². The number of nitrogens with one attached hydrogen (secondary N) is 2. The molecule has 3 rings (SSSR count). The molecule has 0 radical (unpaired) electrons. The molecule has 0 aromatic heterocycles. The number of hydrogen-bond donors (Lipinski definition) is 2. The first-order chi connectivity index (χ1) is 13.6. The highest BCUT2D eigenvalue weighted by Crippen LogP contribution is 2.30. The molecule has 2 aromatic carbocycles. The highest BCUT2D eigenvalue weighted by Gasteiger charge is 2.29. The molecule has 5 heteroatoms. The van der Waals surface area contributed by atoms with Gasteiger partial charge < -0.3 is 10.6 Å². The number of nitrogens with zero attached hydrogens (tertiary/aromatic N) is 1. The Bertz CT molecular complexity index is 792. The lowest BCUT2D eigenvalue weighted by molar-refractivity contribution is -0.117. The smallest absolute Gasteiger partial charge is 0.251 e. The molecule has 2 N–H and O–H groups in total. The molecule has 1 saturated carbocycles. The summed E-state index contributed by atoms with van der Waals surface area (Å²) >= 11 is 0. The third-order valence-corrected chi connectivity index (χ3v) is 5.14. The Morgan fingerprint density at radius 3 is 2.11 bits per heavy atom. The van der Waals surface area contributed by atoms with Crippen LogP contribution in [0.25, 0.3) is 0 Å². The van der Waals surface area contributed by atoms with Gasteiger partial charge in [-0.1, -0.05) is 38.1 Å². The van der Waals surface area contributed by atoms with Crippen molar-refractivity contribution in [3.8, 4) is 0 Å². The third kappa shape index (κ3) is 5.67. The molecule has 2 aromatic rings. The van der Waals surface area contributed by atoms with E-state index in [0.717, 1.165) is 43.7 Å². The maximum Gasteiger partial charge on any atom is 0.251 e. The minimum atomic E-state index is -0.0829. The minimum Gasteiger partial charge on any atom is -0.348 e. The maximum absolute atomic E-state index is 12.4. The summed E-state index contributed by atoms with van der Waals surface area (Å²) in [5.41, 5.74) is 3.67. The van der Waals surface area contributed by atoms with E-state index >= 15 is 0 Å². The predicted octanol–water partition coefficient (Wildman–Crippen LogP) is 3.81. The molecular formula is C23H29N3O2. The molecule has 1 aliphatic rings. The highest BCUT2D eigenvalue weighted by atomic mass is 16.2. The van der Waals surface area contributed by atoms with Crippen LogP contribution in [0.4, 0.5) is 5.69 Å². The number of anilines is 1. The summed E-state index contributed by atoms with van der Waals surface area (Å²) in [6.45, 7) is 7.69. The van der Waals surface area contributed by atoms with Gasteiger partial charge in [0.25, 0.3) is 5.91 Å². The molecule has 0 aliphatic heterocycles. The zero-order valence-electron chi connectivity index (χ0n) is 16.7. The second-order valence-corrected chi connectivity index (χ2v) is 7.30. The van der Waals surface area contributed by atoms with Crippen LogP contribution in [0, 0.1) is 5.92 Å². The van der Waals surface area contributed by atoms with Crippen molar-refractivity contribution in [1.82, 2.24) is 10.2 Å². The zero-order chi connectivity index (χ0) is 19.9. The molecule has 0 unspecified atom stereocenters. The van der Waals surface area contributed by atoms with Crippen molar-refractivity contribution in [2.75, 3.05) is 18.4 Å². The van der Waals surface area contributed by atoms with Gasteiger partial charge in [0.15, 0.2) is 0 Å². The Morgan fingerprint density at radius 2 is 1.54 bits per heavy atom. The summed E-state index contributed by atoms with van der Waals surface area (Å²) in [6, 6.07) is 15.4. The largest absolute Gasteiger partial charge is 0.348 e. The molecule has 0 bridgehead atoms. The van der Waals surface area contributed by atoms with Gasteiger partial charge in [-0.2, -0.15) is 0 Å². The van der Waals surface area contributed by atoms with Crippen molar-refractivity contribution < 1.29 is 9.59 Å². The number of amides is 2. The molecule has 28 heavy (non-hydrogen) atoms. The number of hydrogen-bond acceptors (Lipinski definition) is 3. The van der Waals surface area contributed by atoms with Gasteiger partial charge in [-0.05, 0) is 61.3 Å². The Hall–Kier alpha value is -2.66. The Labute approximate surface area is 167 Å². The molecule has 148 valence electrons. The lowest BCUT2D eigenvalue weighted by Crippen LogP contribution is -2.23. The molecule has 1 fully saturated rings. The fraction of sp³-hybridized carbons (Fsp3) is 0.391. The van der Waals surface area contributed by atoms with E-state index in [1.807, 2.05) is 48.5 Å². The third-order valence-electron chi connectivity index (χ3n) is 5.14. The highest BCUT2D eigenvalue weighted by molar-refractivity contribution is 5.94. The summed E-state index contributed by atoms with van der Waals surface area (Å²) in [7, 11) is 0. The summed E-state index contributed by atoms with van der Waals surface area (Å²) in [4.78, 5) is 26.5. The normalized spacial score (nSPS) is 13.4. The van der Waals surface area contributed by atoms with E-state index in [-0.39, 0.29) is 17.7 Å². The van der Waals surface area contributed by atoms with E-state index in [4.69, 9.17) is 0 Å². The average Bonchev–Trinajstić information content (AvgIpc) is 3.57. The Kier molecular flexibility index (Phi) is 6.82. The van der Waals surface area contributed by atoms with Crippen LogP contribution >= 0.6 is 0 Å². The predicted molar refractivity (Wildman–Crippen MR) is 112 cm³/mol. The van der Waals surface area contributed by atoms with Gasteiger partial charge in [0.1, 0.15) is 0 Å². The average molecular weight is 380 g/mol. The van der Waals surface area contributed by atoms with Gasteiger partial charge in [0.2, 0.25) is 5.91 Å². The summed E-state index contributed by atoms with van der Waals surface area (Å²) in [6.07, 6.45) is 1.98. The SMILES string of the molecule is CCN(CC)Cc1ccc(C(=O)NCc2ccc(NC(=O)C3CC3)cc2)cc1. The Morgan fingerprint density at radius 1 is 0.929 bits per heavy atom. The molecule has 2 amide bonds. The second-order valence-electron chi connectivity index (χ2n) is 7.30. The lowest BCUT2D eigenvalue weighted by atomic mass is 10.1. The molecule has 0 atom stereocenters. The van der Waals surface area contributed by atoms with Gasteiger partial charge in [0.05, 0.1) is 0 Å². The molecule has 1 aliphatic carbocycles.